The zero-order chi connectivity index (χ0) is 17.8. The summed E-state index contributed by atoms with van der Waals surface area (Å²) in [6.45, 7) is 5.48. The summed E-state index contributed by atoms with van der Waals surface area (Å²) >= 11 is 0. The van der Waals surface area contributed by atoms with Crippen molar-refractivity contribution in [3.8, 4) is 11.4 Å². The molecule has 3 aromatic rings. The number of hydrogen-bond donors (Lipinski definition) is 0. The molecule has 2 aromatic heterocycles. The molecule has 1 aromatic carbocycles. The monoisotopic (exact) mass is 337 g/mol. The van der Waals surface area contributed by atoms with Gasteiger partial charge in [0.05, 0.1) is 30.4 Å². The summed E-state index contributed by atoms with van der Waals surface area (Å²) in [5.41, 5.74) is 5.08. The van der Waals surface area contributed by atoms with Gasteiger partial charge in [0.1, 0.15) is 5.75 Å². The number of aryl methyl sites for hydroxylation is 1. The van der Waals surface area contributed by atoms with E-state index in [9.17, 15) is 0 Å². The fourth-order valence-electron chi connectivity index (χ4n) is 2.90. The summed E-state index contributed by atoms with van der Waals surface area (Å²) in [5, 5.41) is 8.48. The standard InChI is InChI=1S/C19H23N5O/c1-14-10-20-18(15(2)19(14)25-4)13-23(3)11-16-12-24(22-21-16)17-8-6-5-7-9-17/h5-10,12H,11,13H2,1-4H3. The molecule has 3 rings (SSSR count). The predicted molar refractivity (Wildman–Crippen MR) is 96.8 cm³/mol. The van der Waals surface area contributed by atoms with Gasteiger partial charge in [-0.25, -0.2) is 4.68 Å². The van der Waals surface area contributed by atoms with E-state index < -0.39 is 0 Å². The molecule has 0 amide bonds. The number of hydrogen-bond acceptors (Lipinski definition) is 5. The molecule has 0 aliphatic heterocycles. The maximum Gasteiger partial charge on any atom is 0.128 e. The van der Waals surface area contributed by atoms with Crippen LogP contribution in [0.3, 0.4) is 0 Å². The van der Waals surface area contributed by atoms with Crippen LogP contribution in [0.25, 0.3) is 5.69 Å². The minimum atomic E-state index is 0.699. The lowest BCUT2D eigenvalue weighted by Crippen LogP contribution is -2.19. The number of pyridine rings is 1. The van der Waals surface area contributed by atoms with E-state index in [4.69, 9.17) is 4.74 Å². The van der Waals surface area contributed by atoms with E-state index in [1.54, 1.807) is 11.8 Å². The average Bonchev–Trinajstić information content (AvgIpc) is 3.07. The van der Waals surface area contributed by atoms with Crippen molar-refractivity contribution in [2.45, 2.75) is 26.9 Å². The smallest absolute Gasteiger partial charge is 0.128 e. The SMILES string of the molecule is COc1c(C)cnc(CN(C)Cc2cn(-c3ccccc3)nn2)c1C. The Balaban J connectivity index is 1.69. The molecule has 0 saturated heterocycles. The summed E-state index contributed by atoms with van der Waals surface area (Å²) in [6.07, 6.45) is 3.82. The van der Waals surface area contributed by atoms with Gasteiger partial charge in [0, 0.05) is 30.4 Å². The summed E-state index contributed by atoms with van der Waals surface area (Å²) in [4.78, 5) is 6.73. The van der Waals surface area contributed by atoms with Crippen LogP contribution >= 0.6 is 0 Å². The topological polar surface area (TPSA) is 56.1 Å². The van der Waals surface area contributed by atoms with Crippen molar-refractivity contribution in [1.82, 2.24) is 24.9 Å². The molecule has 0 atom stereocenters. The highest BCUT2D eigenvalue weighted by molar-refractivity contribution is 5.41. The van der Waals surface area contributed by atoms with Crippen molar-refractivity contribution in [3.63, 3.8) is 0 Å². The molecule has 130 valence electrons. The maximum atomic E-state index is 5.48. The van der Waals surface area contributed by atoms with Gasteiger partial charge in [-0.15, -0.1) is 5.10 Å². The fraction of sp³-hybridized carbons (Fsp3) is 0.316. The third-order valence-corrected chi connectivity index (χ3v) is 4.16. The zero-order valence-electron chi connectivity index (χ0n) is 15.1. The second-order valence-corrected chi connectivity index (χ2v) is 6.21. The van der Waals surface area contributed by atoms with E-state index in [0.29, 0.717) is 6.54 Å². The Morgan fingerprint density at radius 2 is 1.88 bits per heavy atom. The molecule has 0 unspecified atom stereocenters. The Bertz CT molecular complexity index is 844. The predicted octanol–water partition coefficient (Wildman–Crippen LogP) is 2.92. The van der Waals surface area contributed by atoms with Gasteiger partial charge in [0.25, 0.3) is 0 Å². The number of benzene rings is 1. The third-order valence-electron chi connectivity index (χ3n) is 4.16. The molecule has 2 heterocycles. The fourth-order valence-corrected chi connectivity index (χ4v) is 2.90. The Morgan fingerprint density at radius 1 is 1.12 bits per heavy atom. The van der Waals surface area contributed by atoms with Crippen LogP contribution in [-0.2, 0) is 13.1 Å². The number of rotatable bonds is 6. The van der Waals surface area contributed by atoms with E-state index in [1.807, 2.05) is 56.6 Å². The lowest BCUT2D eigenvalue weighted by Gasteiger charge is -2.18. The highest BCUT2D eigenvalue weighted by Gasteiger charge is 2.13. The van der Waals surface area contributed by atoms with E-state index in [0.717, 1.165) is 40.5 Å². The van der Waals surface area contributed by atoms with Gasteiger partial charge in [-0.1, -0.05) is 23.4 Å². The highest BCUT2D eigenvalue weighted by Crippen LogP contribution is 2.24. The van der Waals surface area contributed by atoms with Crippen LogP contribution in [-0.4, -0.2) is 39.0 Å². The molecule has 0 spiro atoms. The first-order valence-corrected chi connectivity index (χ1v) is 8.22. The van der Waals surface area contributed by atoms with Crippen molar-refractivity contribution in [3.05, 3.63) is 65.2 Å². The minimum Gasteiger partial charge on any atom is -0.496 e. The van der Waals surface area contributed by atoms with E-state index in [-0.39, 0.29) is 0 Å². The van der Waals surface area contributed by atoms with Crippen molar-refractivity contribution < 1.29 is 4.74 Å². The molecule has 0 saturated carbocycles. The molecule has 0 N–H and O–H groups in total. The molecule has 0 bridgehead atoms. The highest BCUT2D eigenvalue weighted by atomic mass is 16.5. The summed E-state index contributed by atoms with van der Waals surface area (Å²) in [7, 11) is 3.75. The number of ether oxygens (including phenoxy) is 1. The van der Waals surface area contributed by atoms with Gasteiger partial charge in [0.15, 0.2) is 0 Å². The third kappa shape index (κ3) is 3.85. The lowest BCUT2D eigenvalue weighted by atomic mass is 10.1. The quantitative estimate of drug-likeness (QED) is 0.692. The Labute approximate surface area is 148 Å². The Morgan fingerprint density at radius 3 is 2.60 bits per heavy atom. The first-order valence-electron chi connectivity index (χ1n) is 8.22. The van der Waals surface area contributed by atoms with Crippen molar-refractivity contribution in [2.75, 3.05) is 14.2 Å². The van der Waals surface area contributed by atoms with E-state index in [2.05, 4.69) is 27.2 Å². The van der Waals surface area contributed by atoms with Gasteiger partial charge in [-0.2, -0.15) is 0 Å². The van der Waals surface area contributed by atoms with Crippen molar-refractivity contribution in [1.29, 1.82) is 0 Å². The zero-order valence-corrected chi connectivity index (χ0v) is 15.1. The van der Waals surface area contributed by atoms with Crippen LogP contribution in [0.15, 0.2) is 42.7 Å². The van der Waals surface area contributed by atoms with Gasteiger partial charge in [-0.05, 0) is 33.0 Å². The minimum absolute atomic E-state index is 0.699. The van der Waals surface area contributed by atoms with Crippen molar-refractivity contribution in [2.24, 2.45) is 0 Å². The van der Waals surface area contributed by atoms with Crippen LogP contribution in [0, 0.1) is 13.8 Å². The number of methoxy groups -OCH3 is 1. The van der Waals surface area contributed by atoms with Gasteiger partial charge < -0.3 is 4.74 Å². The van der Waals surface area contributed by atoms with Crippen molar-refractivity contribution >= 4 is 0 Å². The molecule has 6 heteroatoms. The van der Waals surface area contributed by atoms with Crippen LogP contribution in [0.4, 0.5) is 0 Å². The molecule has 6 nitrogen and oxygen atoms in total. The number of para-hydroxylation sites is 1. The lowest BCUT2D eigenvalue weighted by molar-refractivity contribution is 0.309. The van der Waals surface area contributed by atoms with Gasteiger partial charge in [0.2, 0.25) is 0 Å². The van der Waals surface area contributed by atoms with Crippen LogP contribution in [0.2, 0.25) is 0 Å². The maximum absolute atomic E-state index is 5.48. The molecule has 0 radical (unpaired) electrons. The summed E-state index contributed by atoms with van der Waals surface area (Å²) < 4.78 is 7.28. The normalized spacial score (nSPS) is 11.1. The molecular formula is C19H23N5O. The average molecular weight is 337 g/mol. The Kier molecular flexibility index (Phi) is 5.09. The summed E-state index contributed by atoms with van der Waals surface area (Å²) in [6, 6.07) is 9.98. The van der Waals surface area contributed by atoms with E-state index in [1.165, 1.54) is 0 Å². The number of aromatic nitrogens is 4. The van der Waals surface area contributed by atoms with Crippen LogP contribution in [0.5, 0.6) is 5.75 Å². The second-order valence-electron chi connectivity index (χ2n) is 6.21. The van der Waals surface area contributed by atoms with Crippen LogP contribution in [0.1, 0.15) is 22.5 Å². The number of nitrogens with zero attached hydrogens (tertiary/aromatic N) is 5. The van der Waals surface area contributed by atoms with Gasteiger partial charge in [-0.3, -0.25) is 9.88 Å². The van der Waals surface area contributed by atoms with E-state index >= 15 is 0 Å². The molecule has 25 heavy (non-hydrogen) atoms. The largest absolute Gasteiger partial charge is 0.496 e. The molecule has 0 aliphatic rings. The van der Waals surface area contributed by atoms with Crippen LogP contribution < -0.4 is 4.74 Å². The molecular weight excluding hydrogens is 314 g/mol. The summed E-state index contributed by atoms with van der Waals surface area (Å²) in [5.74, 6) is 0.911. The van der Waals surface area contributed by atoms with Gasteiger partial charge >= 0.3 is 0 Å². The first-order chi connectivity index (χ1) is 12.1. The second kappa shape index (κ2) is 7.44. The Hall–Kier alpha value is -2.73. The molecule has 0 fully saturated rings. The molecule has 0 aliphatic carbocycles. The first kappa shape index (κ1) is 17.1.